The molecule has 1 aromatic carbocycles. The summed E-state index contributed by atoms with van der Waals surface area (Å²) in [6.45, 7) is 1.78. The quantitative estimate of drug-likeness (QED) is 0.484. The van der Waals surface area contributed by atoms with Gasteiger partial charge in [0.05, 0.1) is 9.82 Å². The third kappa shape index (κ3) is 2.62. The molecule has 0 atom stereocenters. The van der Waals surface area contributed by atoms with E-state index in [4.69, 9.17) is 0 Å². The summed E-state index contributed by atoms with van der Waals surface area (Å²) < 4.78 is 13.4. The van der Waals surface area contributed by atoms with Gasteiger partial charge in [-0.05, 0) is 36.9 Å². The number of nitrogens with zero attached hydrogens (tertiary/aromatic N) is 3. The molecule has 0 bridgehead atoms. The van der Waals surface area contributed by atoms with Gasteiger partial charge < -0.3 is 0 Å². The van der Waals surface area contributed by atoms with E-state index < -0.39 is 16.4 Å². The molecule has 0 aliphatic rings. The van der Waals surface area contributed by atoms with Crippen LogP contribution in [-0.2, 0) is 0 Å². The van der Waals surface area contributed by atoms with E-state index in [9.17, 15) is 14.5 Å². The van der Waals surface area contributed by atoms with E-state index in [1.54, 1.807) is 19.2 Å². The van der Waals surface area contributed by atoms with Crippen molar-refractivity contribution >= 4 is 17.4 Å². The molecule has 2 rings (SSSR count). The van der Waals surface area contributed by atoms with Crippen LogP contribution in [0.25, 0.3) is 0 Å². The molecule has 0 aliphatic heterocycles. The SMILES string of the molecule is Cc1ccnc(Sc2cccc(F)c2[N+](=O)[O-])n1. The van der Waals surface area contributed by atoms with Crippen LogP contribution in [0.1, 0.15) is 5.69 Å². The van der Waals surface area contributed by atoms with Gasteiger partial charge in [0.25, 0.3) is 0 Å². The van der Waals surface area contributed by atoms with E-state index in [0.29, 0.717) is 5.16 Å². The zero-order valence-electron chi connectivity index (χ0n) is 9.33. The van der Waals surface area contributed by atoms with Crippen molar-refractivity contribution in [3.05, 3.63) is 52.1 Å². The summed E-state index contributed by atoms with van der Waals surface area (Å²) >= 11 is 0.967. The molecule has 0 radical (unpaired) electrons. The largest absolute Gasteiger partial charge is 0.318 e. The predicted octanol–water partition coefficient (Wildman–Crippen LogP) is 2.98. The summed E-state index contributed by atoms with van der Waals surface area (Å²) in [4.78, 5) is 18.3. The van der Waals surface area contributed by atoms with Crippen molar-refractivity contribution in [2.24, 2.45) is 0 Å². The van der Waals surface area contributed by atoms with Crippen LogP contribution in [0.2, 0.25) is 0 Å². The molecule has 5 nitrogen and oxygen atoms in total. The first-order chi connectivity index (χ1) is 8.58. The Labute approximate surface area is 106 Å². The molecule has 0 saturated carbocycles. The smallest absolute Gasteiger partial charge is 0.258 e. The van der Waals surface area contributed by atoms with Gasteiger partial charge in [-0.15, -0.1) is 0 Å². The zero-order valence-corrected chi connectivity index (χ0v) is 10.1. The molecule has 0 fully saturated rings. The van der Waals surface area contributed by atoms with Crippen molar-refractivity contribution in [2.75, 3.05) is 0 Å². The van der Waals surface area contributed by atoms with Gasteiger partial charge in [-0.2, -0.15) is 4.39 Å². The number of para-hydroxylation sites is 1. The van der Waals surface area contributed by atoms with Crippen LogP contribution in [0, 0.1) is 22.9 Å². The van der Waals surface area contributed by atoms with Crippen molar-refractivity contribution in [3.63, 3.8) is 0 Å². The fourth-order valence-corrected chi connectivity index (χ4v) is 2.24. The number of halogens is 1. The second-order valence-electron chi connectivity index (χ2n) is 3.43. The highest BCUT2D eigenvalue weighted by atomic mass is 32.2. The number of rotatable bonds is 3. The summed E-state index contributed by atoms with van der Waals surface area (Å²) in [6.07, 6.45) is 1.55. The second kappa shape index (κ2) is 5.09. The molecule has 0 amide bonds. The molecule has 2 aromatic rings. The van der Waals surface area contributed by atoms with Gasteiger partial charge in [0.1, 0.15) is 0 Å². The topological polar surface area (TPSA) is 68.9 Å². The third-order valence-electron chi connectivity index (χ3n) is 2.11. The van der Waals surface area contributed by atoms with Gasteiger partial charge in [-0.1, -0.05) is 6.07 Å². The second-order valence-corrected chi connectivity index (χ2v) is 4.44. The fourth-order valence-electron chi connectivity index (χ4n) is 1.33. The lowest BCUT2D eigenvalue weighted by molar-refractivity contribution is -0.390. The number of nitro benzene ring substituents is 1. The average Bonchev–Trinajstić information content (AvgIpc) is 2.28. The molecule has 92 valence electrons. The summed E-state index contributed by atoms with van der Waals surface area (Å²) in [5.74, 6) is -0.863. The zero-order chi connectivity index (χ0) is 13.1. The highest BCUT2D eigenvalue weighted by Gasteiger charge is 2.21. The molecule has 1 heterocycles. The summed E-state index contributed by atoms with van der Waals surface area (Å²) in [5, 5.41) is 11.2. The number of benzene rings is 1. The van der Waals surface area contributed by atoms with Crippen molar-refractivity contribution in [1.29, 1.82) is 0 Å². The maximum Gasteiger partial charge on any atom is 0.318 e. The van der Waals surface area contributed by atoms with Crippen LogP contribution < -0.4 is 0 Å². The lowest BCUT2D eigenvalue weighted by atomic mass is 10.3. The molecule has 0 saturated heterocycles. The number of hydrogen-bond acceptors (Lipinski definition) is 5. The molecular weight excluding hydrogens is 257 g/mol. The average molecular weight is 265 g/mol. The molecule has 0 aliphatic carbocycles. The first-order valence-corrected chi connectivity index (χ1v) is 5.80. The Hall–Kier alpha value is -2.02. The Morgan fingerprint density at radius 1 is 1.39 bits per heavy atom. The van der Waals surface area contributed by atoms with Crippen molar-refractivity contribution in [1.82, 2.24) is 9.97 Å². The predicted molar refractivity (Wildman–Crippen MR) is 63.9 cm³/mol. The number of aryl methyl sites for hydroxylation is 1. The van der Waals surface area contributed by atoms with Crippen LogP contribution in [0.15, 0.2) is 40.5 Å². The minimum absolute atomic E-state index is 0.186. The van der Waals surface area contributed by atoms with Crippen LogP contribution in [-0.4, -0.2) is 14.9 Å². The van der Waals surface area contributed by atoms with Gasteiger partial charge in [0, 0.05) is 11.9 Å². The van der Waals surface area contributed by atoms with Crippen LogP contribution >= 0.6 is 11.8 Å². The fraction of sp³-hybridized carbons (Fsp3) is 0.0909. The van der Waals surface area contributed by atoms with E-state index in [-0.39, 0.29) is 4.90 Å². The van der Waals surface area contributed by atoms with Crippen LogP contribution in [0.3, 0.4) is 0 Å². The van der Waals surface area contributed by atoms with Gasteiger partial charge in [0.15, 0.2) is 5.16 Å². The van der Waals surface area contributed by atoms with Crippen molar-refractivity contribution in [3.8, 4) is 0 Å². The van der Waals surface area contributed by atoms with Gasteiger partial charge in [-0.3, -0.25) is 10.1 Å². The van der Waals surface area contributed by atoms with Gasteiger partial charge in [0.2, 0.25) is 5.82 Å². The molecule has 0 spiro atoms. The highest BCUT2D eigenvalue weighted by Crippen LogP contribution is 2.34. The molecule has 1 aromatic heterocycles. The maximum absolute atomic E-state index is 13.4. The Balaban J connectivity index is 2.40. The third-order valence-corrected chi connectivity index (χ3v) is 3.03. The van der Waals surface area contributed by atoms with Crippen molar-refractivity contribution in [2.45, 2.75) is 17.0 Å². The molecular formula is C11H8FN3O2S. The monoisotopic (exact) mass is 265 g/mol. The first-order valence-electron chi connectivity index (χ1n) is 4.98. The minimum atomic E-state index is -0.863. The van der Waals surface area contributed by atoms with E-state index >= 15 is 0 Å². The summed E-state index contributed by atoms with van der Waals surface area (Å²) in [7, 11) is 0. The van der Waals surface area contributed by atoms with E-state index in [1.807, 2.05) is 0 Å². The Morgan fingerprint density at radius 3 is 2.83 bits per heavy atom. The Bertz CT molecular complexity index is 607. The molecule has 18 heavy (non-hydrogen) atoms. The lowest BCUT2D eigenvalue weighted by Crippen LogP contribution is -1.96. The van der Waals surface area contributed by atoms with E-state index in [1.165, 1.54) is 12.1 Å². The molecule has 7 heteroatoms. The number of nitro groups is 1. The minimum Gasteiger partial charge on any atom is -0.258 e. The summed E-state index contributed by atoms with van der Waals surface area (Å²) in [6, 6.07) is 5.65. The Morgan fingerprint density at radius 2 is 2.17 bits per heavy atom. The van der Waals surface area contributed by atoms with E-state index in [0.717, 1.165) is 23.5 Å². The van der Waals surface area contributed by atoms with Crippen LogP contribution in [0.5, 0.6) is 0 Å². The summed E-state index contributed by atoms with van der Waals surface area (Å²) in [5.41, 5.74) is 0.194. The van der Waals surface area contributed by atoms with Gasteiger partial charge >= 0.3 is 5.69 Å². The van der Waals surface area contributed by atoms with Crippen LogP contribution in [0.4, 0.5) is 10.1 Å². The van der Waals surface area contributed by atoms with Crippen molar-refractivity contribution < 1.29 is 9.31 Å². The maximum atomic E-state index is 13.4. The van der Waals surface area contributed by atoms with E-state index in [2.05, 4.69) is 9.97 Å². The number of aromatic nitrogens is 2. The lowest BCUT2D eigenvalue weighted by Gasteiger charge is -2.02. The standard InChI is InChI=1S/C11H8FN3O2S/c1-7-5-6-13-11(14-7)18-9-4-2-3-8(12)10(9)15(16)17/h2-6H,1H3. The number of hydrogen-bond donors (Lipinski definition) is 0. The normalized spacial score (nSPS) is 10.3. The Kier molecular flexibility index (Phi) is 3.52. The van der Waals surface area contributed by atoms with Gasteiger partial charge in [-0.25, -0.2) is 9.97 Å². The molecule has 0 unspecified atom stereocenters. The molecule has 0 N–H and O–H groups in total. The highest BCUT2D eigenvalue weighted by molar-refractivity contribution is 7.99. The first kappa shape index (κ1) is 12.4.